The fourth-order valence-corrected chi connectivity index (χ4v) is 2.03. The van der Waals surface area contributed by atoms with Crippen molar-refractivity contribution in [1.29, 1.82) is 0 Å². The maximum Gasteiger partial charge on any atom is 0.412 e. The molecule has 2 unspecified atom stereocenters. The number of ether oxygens (including phenoxy) is 3. The summed E-state index contributed by atoms with van der Waals surface area (Å²) in [5.41, 5.74) is 0.878. The molecule has 20 heavy (non-hydrogen) atoms. The molecule has 0 aromatic heterocycles. The number of amides is 1. The van der Waals surface area contributed by atoms with Gasteiger partial charge in [-0.05, 0) is 12.5 Å². The van der Waals surface area contributed by atoms with Crippen LogP contribution in [0, 0.1) is 0 Å². The van der Waals surface area contributed by atoms with Crippen LogP contribution in [0.4, 0.5) is 4.79 Å². The van der Waals surface area contributed by atoms with Gasteiger partial charge in [0.25, 0.3) is 0 Å². The van der Waals surface area contributed by atoms with Crippen molar-refractivity contribution in [3.63, 3.8) is 0 Å². The number of benzene rings is 1. The Balaban J connectivity index is 1.96. The van der Waals surface area contributed by atoms with E-state index in [1.165, 1.54) is 12.0 Å². The van der Waals surface area contributed by atoms with Crippen LogP contribution >= 0.6 is 0 Å². The lowest BCUT2D eigenvalue weighted by atomic mass is 10.2. The Kier molecular flexibility index (Phi) is 4.57. The smallest absolute Gasteiger partial charge is 0.412 e. The number of hydrogen-bond acceptors (Lipinski definition) is 5. The summed E-state index contributed by atoms with van der Waals surface area (Å²) in [6, 6.07) is 8.56. The highest BCUT2D eigenvalue weighted by Gasteiger charge is 2.42. The van der Waals surface area contributed by atoms with Crippen molar-refractivity contribution in [2.24, 2.45) is 0 Å². The first kappa shape index (κ1) is 14.3. The molecule has 0 bridgehead atoms. The summed E-state index contributed by atoms with van der Waals surface area (Å²) in [5, 5.41) is 0. The van der Waals surface area contributed by atoms with Crippen molar-refractivity contribution >= 4 is 12.1 Å². The number of nitrogens with zero attached hydrogens (tertiary/aromatic N) is 1. The third kappa shape index (κ3) is 3.08. The highest BCUT2D eigenvalue weighted by Crippen LogP contribution is 2.19. The maximum atomic E-state index is 12.0. The molecular weight excluding hydrogens is 262 g/mol. The lowest BCUT2D eigenvalue weighted by molar-refractivity contribution is -0.146. The molecular formula is C14H17NO5. The van der Waals surface area contributed by atoms with Gasteiger partial charge in [-0.15, -0.1) is 0 Å². The third-order valence-corrected chi connectivity index (χ3v) is 3.14. The van der Waals surface area contributed by atoms with Gasteiger partial charge < -0.3 is 14.2 Å². The summed E-state index contributed by atoms with van der Waals surface area (Å²) >= 11 is 0. The van der Waals surface area contributed by atoms with Gasteiger partial charge in [0.15, 0.2) is 6.04 Å². The largest absolute Gasteiger partial charge is 0.467 e. The SMILES string of the molecule is COC(=O)C1C(C)OCN1C(=O)OCc1ccccc1. The van der Waals surface area contributed by atoms with E-state index < -0.39 is 24.2 Å². The van der Waals surface area contributed by atoms with Crippen molar-refractivity contribution in [1.82, 2.24) is 4.90 Å². The zero-order valence-electron chi connectivity index (χ0n) is 11.4. The van der Waals surface area contributed by atoms with Crippen LogP contribution in [-0.2, 0) is 25.6 Å². The summed E-state index contributed by atoms with van der Waals surface area (Å²) in [5.74, 6) is -0.508. The highest BCUT2D eigenvalue weighted by atomic mass is 16.6. The molecule has 1 amide bonds. The Morgan fingerprint density at radius 2 is 2.05 bits per heavy atom. The molecule has 0 radical (unpaired) electrons. The minimum atomic E-state index is -0.761. The molecule has 1 aliphatic heterocycles. The molecule has 0 spiro atoms. The van der Waals surface area contributed by atoms with Gasteiger partial charge in [-0.25, -0.2) is 9.59 Å². The van der Waals surface area contributed by atoms with Gasteiger partial charge in [0, 0.05) is 0 Å². The van der Waals surface area contributed by atoms with Crippen LogP contribution < -0.4 is 0 Å². The van der Waals surface area contributed by atoms with Crippen molar-refractivity contribution in [2.45, 2.75) is 25.7 Å². The quantitative estimate of drug-likeness (QED) is 0.785. The molecule has 0 N–H and O–H groups in total. The Morgan fingerprint density at radius 3 is 2.70 bits per heavy atom. The van der Waals surface area contributed by atoms with E-state index in [4.69, 9.17) is 9.47 Å². The molecule has 2 atom stereocenters. The minimum absolute atomic E-state index is 0.0224. The predicted octanol–water partition coefficient (Wildman–Crippen LogP) is 1.54. The van der Waals surface area contributed by atoms with Crippen molar-refractivity contribution in [3.8, 4) is 0 Å². The van der Waals surface area contributed by atoms with E-state index in [1.54, 1.807) is 6.92 Å². The molecule has 0 saturated carbocycles. The lowest BCUT2D eigenvalue weighted by Crippen LogP contribution is -2.45. The van der Waals surface area contributed by atoms with Crippen molar-refractivity contribution in [2.75, 3.05) is 13.8 Å². The van der Waals surface area contributed by atoms with Gasteiger partial charge in [0.1, 0.15) is 13.3 Å². The summed E-state index contributed by atoms with van der Waals surface area (Å²) in [6.07, 6.45) is -1.000. The average molecular weight is 279 g/mol. The molecule has 108 valence electrons. The van der Waals surface area contributed by atoms with Crippen LogP contribution in [0.15, 0.2) is 30.3 Å². The maximum absolute atomic E-state index is 12.0. The van der Waals surface area contributed by atoms with E-state index in [0.29, 0.717) is 0 Å². The third-order valence-electron chi connectivity index (χ3n) is 3.14. The summed E-state index contributed by atoms with van der Waals surface area (Å²) in [7, 11) is 1.28. The molecule has 2 rings (SSSR count). The second-order valence-corrected chi connectivity index (χ2v) is 4.48. The minimum Gasteiger partial charge on any atom is -0.467 e. The van der Waals surface area contributed by atoms with E-state index in [9.17, 15) is 9.59 Å². The van der Waals surface area contributed by atoms with E-state index in [0.717, 1.165) is 5.56 Å². The van der Waals surface area contributed by atoms with Gasteiger partial charge in [0.2, 0.25) is 0 Å². The van der Waals surface area contributed by atoms with E-state index in [1.807, 2.05) is 30.3 Å². The number of esters is 1. The number of methoxy groups -OCH3 is 1. The zero-order valence-corrected chi connectivity index (χ0v) is 11.4. The predicted molar refractivity (Wildman–Crippen MR) is 69.7 cm³/mol. The van der Waals surface area contributed by atoms with E-state index in [2.05, 4.69) is 4.74 Å². The summed E-state index contributed by atoms with van der Waals surface area (Å²) in [6.45, 7) is 1.89. The van der Waals surface area contributed by atoms with Crippen LogP contribution in [0.3, 0.4) is 0 Å². The molecule has 1 fully saturated rings. The molecule has 1 heterocycles. The van der Waals surface area contributed by atoms with Crippen LogP contribution in [-0.4, -0.2) is 42.9 Å². The molecule has 6 heteroatoms. The van der Waals surface area contributed by atoms with Crippen LogP contribution in [0.25, 0.3) is 0 Å². The number of hydrogen-bond donors (Lipinski definition) is 0. The molecule has 1 aromatic rings. The monoisotopic (exact) mass is 279 g/mol. The second-order valence-electron chi connectivity index (χ2n) is 4.48. The van der Waals surface area contributed by atoms with Crippen LogP contribution in [0.1, 0.15) is 12.5 Å². The van der Waals surface area contributed by atoms with Crippen LogP contribution in [0.2, 0.25) is 0 Å². The van der Waals surface area contributed by atoms with Gasteiger partial charge in [-0.2, -0.15) is 0 Å². The topological polar surface area (TPSA) is 65.1 Å². The molecule has 1 saturated heterocycles. The lowest BCUT2D eigenvalue weighted by Gasteiger charge is -2.21. The zero-order chi connectivity index (χ0) is 14.5. The standard InChI is InChI=1S/C14H17NO5/c1-10-12(13(16)18-2)15(9-20-10)14(17)19-8-11-6-4-3-5-7-11/h3-7,10,12H,8-9H2,1-2H3. The Morgan fingerprint density at radius 1 is 1.35 bits per heavy atom. The number of rotatable bonds is 3. The first-order valence-corrected chi connectivity index (χ1v) is 6.30. The number of carbonyl (C=O) groups is 2. The molecule has 0 aliphatic carbocycles. The Hall–Kier alpha value is -2.08. The van der Waals surface area contributed by atoms with Crippen molar-refractivity contribution < 1.29 is 23.8 Å². The fourth-order valence-electron chi connectivity index (χ4n) is 2.03. The van der Waals surface area contributed by atoms with Gasteiger partial charge >= 0.3 is 12.1 Å². The van der Waals surface area contributed by atoms with Gasteiger partial charge in [0.05, 0.1) is 13.2 Å². The first-order chi connectivity index (χ1) is 9.63. The first-order valence-electron chi connectivity index (χ1n) is 6.30. The number of carbonyl (C=O) groups excluding carboxylic acids is 2. The fraction of sp³-hybridized carbons (Fsp3) is 0.429. The summed E-state index contributed by atoms with van der Waals surface area (Å²) < 4.78 is 15.2. The Labute approximate surface area is 117 Å². The Bertz CT molecular complexity index is 476. The highest BCUT2D eigenvalue weighted by molar-refractivity contribution is 5.82. The van der Waals surface area contributed by atoms with Crippen molar-refractivity contribution in [3.05, 3.63) is 35.9 Å². The molecule has 1 aliphatic rings. The molecule has 1 aromatic carbocycles. The van der Waals surface area contributed by atoms with E-state index in [-0.39, 0.29) is 13.3 Å². The molecule has 6 nitrogen and oxygen atoms in total. The van der Waals surface area contributed by atoms with E-state index >= 15 is 0 Å². The van der Waals surface area contributed by atoms with Crippen LogP contribution in [0.5, 0.6) is 0 Å². The normalized spacial score (nSPS) is 21.6. The average Bonchev–Trinajstić information content (AvgIpc) is 2.87. The second kappa shape index (κ2) is 6.38. The van der Waals surface area contributed by atoms with Gasteiger partial charge in [-0.3, -0.25) is 4.90 Å². The summed E-state index contributed by atoms with van der Waals surface area (Å²) in [4.78, 5) is 24.9. The van der Waals surface area contributed by atoms with Gasteiger partial charge in [-0.1, -0.05) is 30.3 Å².